The van der Waals surface area contributed by atoms with Crippen LogP contribution in [0.15, 0.2) is 6.20 Å². The number of piperazine rings is 1. The number of thiazole rings is 1. The maximum absolute atomic E-state index is 4.53. The highest BCUT2D eigenvalue weighted by atomic mass is 32.1. The fraction of sp³-hybridized carbons (Fsp3) is 0.750. The lowest BCUT2D eigenvalue weighted by atomic mass is 9.96. The third-order valence-electron chi connectivity index (χ3n) is 2.86. The van der Waals surface area contributed by atoms with Crippen LogP contribution in [0.3, 0.4) is 0 Å². The standard InChI is InChI=1S/C12H21N3S/c1-12(2,3)10-8-14-11(16-10)9-15-6-4-13-5-7-15/h8,13H,4-7,9H2,1-3H3. The second-order valence-electron chi connectivity index (χ2n) is 5.39. The number of nitrogens with zero attached hydrogens (tertiary/aromatic N) is 2. The smallest absolute Gasteiger partial charge is 0.107 e. The summed E-state index contributed by atoms with van der Waals surface area (Å²) in [5.74, 6) is 0. The predicted octanol–water partition coefficient (Wildman–Crippen LogP) is 1.85. The monoisotopic (exact) mass is 239 g/mol. The Balaban J connectivity index is 1.97. The molecule has 0 amide bonds. The van der Waals surface area contributed by atoms with E-state index in [9.17, 15) is 0 Å². The van der Waals surface area contributed by atoms with Crippen LogP contribution in [0.1, 0.15) is 30.7 Å². The Labute approximate surface area is 102 Å². The SMILES string of the molecule is CC(C)(C)c1cnc(CN2CCNCC2)s1. The molecule has 1 aliphatic rings. The van der Waals surface area contributed by atoms with Crippen LogP contribution >= 0.6 is 11.3 Å². The first-order chi connectivity index (χ1) is 7.55. The number of hydrogen-bond acceptors (Lipinski definition) is 4. The summed E-state index contributed by atoms with van der Waals surface area (Å²) < 4.78 is 0. The average Bonchev–Trinajstić information content (AvgIpc) is 2.67. The van der Waals surface area contributed by atoms with Crippen LogP contribution in [0.4, 0.5) is 0 Å². The molecule has 1 N–H and O–H groups in total. The summed E-state index contributed by atoms with van der Waals surface area (Å²) >= 11 is 1.86. The molecule has 90 valence electrons. The van der Waals surface area contributed by atoms with Crippen LogP contribution in [0.2, 0.25) is 0 Å². The van der Waals surface area contributed by atoms with Gasteiger partial charge in [0.05, 0.1) is 6.54 Å². The van der Waals surface area contributed by atoms with Gasteiger partial charge >= 0.3 is 0 Å². The molecule has 0 spiro atoms. The van der Waals surface area contributed by atoms with Gasteiger partial charge in [-0.25, -0.2) is 4.98 Å². The Hall–Kier alpha value is -0.450. The lowest BCUT2D eigenvalue weighted by molar-refractivity contribution is 0.233. The highest BCUT2D eigenvalue weighted by Gasteiger charge is 2.18. The van der Waals surface area contributed by atoms with Gasteiger partial charge in [-0.3, -0.25) is 4.90 Å². The van der Waals surface area contributed by atoms with E-state index >= 15 is 0 Å². The van der Waals surface area contributed by atoms with Crippen molar-refractivity contribution in [3.63, 3.8) is 0 Å². The van der Waals surface area contributed by atoms with Crippen LogP contribution in [0.5, 0.6) is 0 Å². The molecule has 1 saturated heterocycles. The molecule has 0 saturated carbocycles. The molecule has 1 aliphatic heterocycles. The predicted molar refractivity (Wildman–Crippen MR) is 69.0 cm³/mol. The van der Waals surface area contributed by atoms with Gasteiger partial charge in [0.2, 0.25) is 0 Å². The van der Waals surface area contributed by atoms with Gasteiger partial charge in [0.25, 0.3) is 0 Å². The van der Waals surface area contributed by atoms with Crippen molar-refractivity contribution in [3.05, 3.63) is 16.1 Å². The first-order valence-corrected chi connectivity index (χ1v) is 6.75. The first kappa shape index (κ1) is 12.0. The van der Waals surface area contributed by atoms with E-state index in [2.05, 4.69) is 36.0 Å². The fourth-order valence-corrected chi connectivity index (χ4v) is 2.81. The third-order valence-corrected chi connectivity index (χ3v) is 4.27. The fourth-order valence-electron chi connectivity index (χ4n) is 1.79. The lowest BCUT2D eigenvalue weighted by Crippen LogP contribution is -2.42. The number of nitrogens with one attached hydrogen (secondary N) is 1. The highest BCUT2D eigenvalue weighted by Crippen LogP contribution is 2.28. The average molecular weight is 239 g/mol. The van der Waals surface area contributed by atoms with E-state index in [0.717, 1.165) is 32.7 Å². The van der Waals surface area contributed by atoms with Crippen molar-refractivity contribution >= 4 is 11.3 Å². The van der Waals surface area contributed by atoms with Crippen molar-refractivity contribution < 1.29 is 0 Å². The van der Waals surface area contributed by atoms with Gasteiger partial charge in [0, 0.05) is 37.3 Å². The van der Waals surface area contributed by atoms with Crippen LogP contribution < -0.4 is 5.32 Å². The maximum Gasteiger partial charge on any atom is 0.107 e. The van der Waals surface area contributed by atoms with Gasteiger partial charge in [0.1, 0.15) is 5.01 Å². The van der Waals surface area contributed by atoms with Crippen molar-refractivity contribution in [1.29, 1.82) is 0 Å². The molecule has 1 fully saturated rings. The molecule has 16 heavy (non-hydrogen) atoms. The minimum atomic E-state index is 0.235. The molecule has 0 radical (unpaired) electrons. The van der Waals surface area contributed by atoms with Crippen molar-refractivity contribution in [1.82, 2.24) is 15.2 Å². The Morgan fingerprint density at radius 2 is 2.06 bits per heavy atom. The minimum Gasteiger partial charge on any atom is -0.314 e. The highest BCUT2D eigenvalue weighted by molar-refractivity contribution is 7.11. The van der Waals surface area contributed by atoms with Gasteiger partial charge in [0.15, 0.2) is 0 Å². The van der Waals surface area contributed by atoms with E-state index in [1.165, 1.54) is 9.88 Å². The molecule has 0 aliphatic carbocycles. The second kappa shape index (κ2) is 4.82. The molecule has 2 heterocycles. The van der Waals surface area contributed by atoms with E-state index in [1.807, 2.05) is 17.5 Å². The summed E-state index contributed by atoms with van der Waals surface area (Å²) in [7, 11) is 0. The summed E-state index contributed by atoms with van der Waals surface area (Å²) in [6, 6.07) is 0. The van der Waals surface area contributed by atoms with E-state index in [0.29, 0.717) is 0 Å². The third kappa shape index (κ3) is 3.03. The van der Waals surface area contributed by atoms with Gasteiger partial charge in [-0.2, -0.15) is 0 Å². The Morgan fingerprint density at radius 1 is 1.38 bits per heavy atom. The Kier molecular flexibility index (Phi) is 3.62. The van der Waals surface area contributed by atoms with Crippen LogP contribution in [-0.4, -0.2) is 36.1 Å². The molecule has 3 nitrogen and oxygen atoms in total. The quantitative estimate of drug-likeness (QED) is 0.853. The zero-order valence-corrected chi connectivity index (χ0v) is 11.2. The number of aromatic nitrogens is 1. The van der Waals surface area contributed by atoms with E-state index < -0.39 is 0 Å². The minimum absolute atomic E-state index is 0.235. The maximum atomic E-state index is 4.53. The first-order valence-electron chi connectivity index (χ1n) is 5.94. The molecule has 0 bridgehead atoms. The zero-order valence-electron chi connectivity index (χ0n) is 10.4. The summed E-state index contributed by atoms with van der Waals surface area (Å²) in [5.41, 5.74) is 0.235. The van der Waals surface area contributed by atoms with Crippen LogP contribution in [0.25, 0.3) is 0 Å². The molecule has 1 aromatic rings. The molecule has 0 unspecified atom stereocenters. The topological polar surface area (TPSA) is 28.2 Å². The van der Waals surface area contributed by atoms with Crippen LogP contribution in [-0.2, 0) is 12.0 Å². The van der Waals surface area contributed by atoms with Gasteiger partial charge in [-0.1, -0.05) is 20.8 Å². The van der Waals surface area contributed by atoms with Crippen molar-refractivity contribution in [2.24, 2.45) is 0 Å². The molecule has 1 aromatic heterocycles. The summed E-state index contributed by atoms with van der Waals surface area (Å²) in [4.78, 5) is 8.39. The molecule has 0 aromatic carbocycles. The normalized spacial score (nSPS) is 18.9. The molecule has 0 atom stereocenters. The van der Waals surface area contributed by atoms with E-state index in [1.54, 1.807) is 0 Å². The van der Waals surface area contributed by atoms with Gasteiger partial charge < -0.3 is 5.32 Å². The second-order valence-corrected chi connectivity index (χ2v) is 6.51. The van der Waals surface area contributed by atoms with Gasteiger partial charge in [-0.15, -0.1) is 11.3 Å². The Morgan fingerprint density at radius 3 is 2.62 bits per heavy atom. The van der Waals surface area contributed by atoms with Crippen molar-refractivity contribution in [2.45, 2.75) is 32.7 Å². The number of rotatable bonds is 2. The van der Waals surface area contributed by atoms with E-state index in [-0.39, 0.29) is 5.41 Å². The summed E-state index contributed by atoms with van der Waals surface area (Å²) in [5, 5.41) is 4.63. The summed E-state index contributed by atoms with van der Waals surface area (Å²) in [6.45, 7) is 12.3. The molecule has 2 rings (SSSR count). The molecule has 4 heteroatoms. The summed E-state index contributed by atoms with van der Waals surface area (Å²) in [6.07, 6.45) is 2.04. The molecular weight excluding hydrogens is 218 g/mol. The molecular formula is C12H21N3S. The Bertz CT molecular complexity index is 334. The largest absolute Gasteiger partial charge is 0.314 e. The number of hydrogen-bond donors (Lipinski definition) is 1. The van der Waals surface area contributed by atoms with Crippen LogP contribution in [0, 0.1) is 0 Å². The van der Waals surface area contributed by atoms with Crippen molar-refractivity contribution in [2.75, 3.05) is 26.2 Å². The van der Waals surface area contributed by atoms with Gasteiger partial charge in [-0.05, 0) is 5.41 Å². The lowest BCUT2D eigenvalue weighted by Gasteiger charge is -2.26. The zero-order chi connectivity index (χ0) is 11.6. The van der Waals surface area contributed by atoms with E-state index in [4.69, 9.17) is 0 Å². The van der Waals surface area contributed by atoms with Crippen molar-refractivity contribution in [3.8, 4) is 0 Å².